The second kappa shape index (κ2) is 6.99. The fourth-order valence-electron chi connectivity index (χ4n) is 0.441. The van der Waals surface area contributed by atoms with Gasteiger partial charge >= 0.3 is 59.1 Å². The van der Waals surface area contributed by atoms with Crippen molar-refractivity contribution in [2.75, 3.05) is 0 Å². The van der Waals surface area contributed by atoms with Gasteiger partial charge in [-0.3, -0.25) is 0 Å². The summed E-state index contributed by atoms with van der Waals surface area (Å²) in [6.07, 6.45) is 0. The van der Waals surface area contributed by atoms with Crippen LogP contribution < -0.4 is 0 Å². The summed E-state index contributed by atoms with van der Waals surface area (Å²) < 4.78 is 0. The number of phenolic OH excluding ortho intramolecular Hbond substituents is 1. The molecule has 0 fully saturated rings. The first-order chi connectivity index (χ1) is 3.79. The van der Waals surface area contributed by atoms with E-state index in [1.165, 1.54) is 0 Å². The number of phenols is 1. The molecule has 0 aliphatic heterocycles. The quantitative estimate of drug-likeness (QED) is 0.579. The molecule has 10 heavy (non-hydrogen) atoms. The van der Waals surface area contributed by atoms with Crippen LogP contribution in [0.1, 0.15) is 0 Å². The summed E-state index contributed by atoms with van der Waals surface area (Å²) in [6.45, 7) is 0. The number of aromatic hydroxyl groups is 1. The number of benzene rings is 1. The number of rotatable bonds is 0. The van der Waals surface area contributed by atoms with E-state index in [4.69, 9.17) is 16.7 Å². The van der Waals surface area contributed by atoms with Crippen LogP contribution in [0.25, 0.3) is 0 Å². The van der Waals surface area contributed by atoms with Gasteiger partial charge in [0.1, 0.15) is 5.75 Å². The first-order valence-corrected chi connectivity index (χ1v) is 2.61. The predicted octanol–water partition coefficient (Wildman–Crippen LogP) is 0.749. The summed E-state index contributed by atoms with van der Waals surface area (Å²) in [5.41, 5.74) is 0. The van der Waals surface area contributed by atoms with Gasteiger partial charge in [0.2, 0.25) is 0 Å². The van der Waals surface area contributed by atoms with Gasteiger partial charge in [0.25, 0.3) is 0 Å². The van der Waals surface area contributed by atoms with Gasteiger partial charge in [0.15, 0.2) is 0 Å². The Hall–Kier alpha value is 1.31. The van der Waals surface area contributed by atoms with E-state index < -0.39 is 0 Å². The fourth-order valence-corrected chi connectivity index (χ4v) is 0.567. The number of halogens is 1. The van der Waals surface area contributed by atoms with E-state index in [1.54, 1.807) is 24.3 Å². The van der Waals surface area contributed by atoms with Crippen molar-refractivity contribution in [1.29, 1.82) is 0 Å². The Morgan fingerprint density at radius 2 is 1.40 bits per heavy atom. The third-order valence-corrected chi connectivity index (χ3v) is 1.08. The van der Waals surface area contributed by atoms with E-state index >= 15 is 0 Å². The third kappa shape index (κ3) is 5.03. The fraction of sp³-hybridized carbons (Fsp3) is 0. The molecule has 0 amide bonds. The number of hydrogen-bond donors (Lipinski definition) is 1. The average Bonchev–Trinajstić information content (AvgIpc) is 1.77. The predicted molar refractivity (Wildman–Crippen MR) is 47.4 cm³/mol. The molecule has 46 valence electrons. The van der Waals surface area contributed by atoms with E-state index in [0.717, 1.165) is 0 Å². The normalized spacial score (nSPS) is 7.30. The summed E-state index contributed by atoms with van der Waals surface area (Å²) >= 11 is 5.50. The van der Waals surface area contributed by atoms with Crippen LogP contribution in [0.4, 0.5) is 0 Å². The van der Waals surface area contributed by atoms with Gasteiger partial charge in [-0.25, -0.2) is 0 Å². The van der Waals surface area contributed by atoms with Crippen molar-refractivity contribution in [2.45, 2.75) is 0 Å². The molecule has 0 heterocycles. The SMILES string of the molecule is Oc1ccc(Cl)cc1.[NaH].[NaH]. The van der Waals surface area contributed by atoms with Gasteiger partial charge < -0.3 is 5.11 Å². The summed E-state index contributed by atoms with van der Waals surface area (Å²) in [5.74, 6) is 0.245. The van der Waals surface area contributed by atoms with Crippen LogP contribution in [0.15, 0.2) is 24.3 Å². The Kier molecular flexibility index (Phi) is 9.69. The molecule has 1 rings (SSSR count). The van der Waals surface area contributed by atoms with Crippen molar-refractivity contribution in [3.63, 3.8) is 0 Å². The third-order valence-electron chi connectivity index (χ3n) is 0.827. The molecule has 1 aromatic carbocycles. The summed E-state index contributed by atoms with van der Waals surface area (Å²) in [7, 11) is 0. The molecule has 1 nitrogen and oxygen atoms in total. The van der Waals surface area contributed by atoms with Crippen LogP contribution in [0.5, 0.6) is 5.75 Å². The van der Waals surface area contributed by atoms with Crippen LogP contribution in [-0.4, -0.2) is 64.2 Å². The Balaban J connectivity index is 0. The van der Waals surface area contributed by atoms with Crippen molar-refractivity contribution in [3.8, 4) is 5.75 Å². The van der Waals surface area contributed by atoms with Gasteiger partial charge in [0, 0.05) is 5.02 Å². The molecule has 0 aromatic heterocycles. The van der Waals surface area contributed by atoms with Gasteiger partial charge in [-0.05, 0) is 24.3 Å². The molecule has 0 radical (unpaired) electrons. The molecule has 0 unspecified atom stereocenters. The maximum absolute atomic E-state index is 8.70. The second-order valence-corrected chi connectivity index (χ2v) is 1.91. The summed E-state index contributed by atoms with van der Waals surface area (Å²) in [4.78, 5) is 0. The zero-order chi connectivity index (χ0) is 5.98. The molecule has 0 spiro atoms. The molecule has 4 heteroatoms. The summed E-state index contributed by atoms with van der Waals surface area (Å²) in [6, 6.07) is 6.36. The van der Waals surface area contributed by atoms with Crippen molar-refractivity contribution in [1.82, 2.24) is 0 Å². The van der Waals surface area contributed by atoms with E-state index in [9.17, 15) is 0 Å². The van der Waals surface area contributed by atoms with Crippen LogP contribution in [-0.2, 0) is 0 Å². The van der Waals surface area contributed by atoms with E-state index in [0.29, 0.717) is 5.02 Å². The van der Waals surface area contributed by atoms with Crippen molar-refractivity contribution in [2.24, 2.45) is 0 Å². The number of hydrogen-bond acceptors (Lipinski definition) is 1. The van der Waals surface area contributed by atoms with E-state index in [1.807, 2.05) is 0 Å². The van der Waals surface area contributed by atoms with Crippen LogP contribution in [0.3, 0.4) is 0 Å². The monoisotopic (exact) mass is 176 g/mol. The van der Waals surface area contributed by atoms with Gasteiger partial charge in [-0.1, -0.05) is 11.6 Å². The topological polar surface area (TPSA) is 20.2 Å². The Morgan fingerprint density at radius 3 is 1.70 bits per heavy atom. The minimum atomic E-state index is 0. The molecule has 1 aromatic rings. The minimum absolute atomic E-state index is 0. The van der Waals surface area contributed by atoms with Crippen molar-refractivity contribution >= 4 is 70.7 Å². The molecular formula is C6H7ClNa2O. The molecular weight excluding hydrogens is 169 g/mol. The van der Waals surface area contributed by atoms with Gasteiger partial charge in [-0.15, -0.1) is 0 Å². The Bertz CT molecular complexity index is 155. The first-order valence-electron chi connectivity index (χ1n) is 2.23. The zero-order valence-corrected chi connectivity index (χ0v) is 4.89. The van der Waals surface area contributed by atoms with Crippen LogP contribution >= 0.6 is 11.6 Å². The van der Waals surface area contributed by atoms with E-state index in [2.05, 4.69) is 0 Å². The van der Waals surface area contributed by atoms with Crippen LogP contribution in [0.2, 0.25) is 5.02 Å². The Morgan fingerprint density at radius 1 is 1.00 bits per heavy atom. The van der Waals surface area contributed by atoms with Crippen molar-refractivity contribution in [3.05, 3.63) is 29.3 Å². The molecule has 0 aliphatic carbocycles. The maximum atomic E-state index is 8.70. The zero-order valence-electron chi connectivity index (χ0n) is 4.13. The first kappa shape index (κ1) is 13.9. The van der Waals surface area contributed by atoms with Crippen LogP contribution in [0, 0.1) is 0 Å². The van der Waals surface area contributed by atoms with E-state index in [-0.39, 0.29) is 64.9 Å². The Labute approximate surface area is 109 Å². The molecule has 0 saturated heterocycles. The molecule has 0 aliphatic rings. The second-order valence-electron chi connectivity index (χ2n) is 1.48. The van der Waals surface area contributed by atoms with Gasteiger partial charge in [-0.2, -0.15) is 0 Å². The average molecular weight is 177 g/mol. The molecule has 0 atom stereocenters. The molecule has 1 N–H and O–H groups in total. The van der Waals surface area contributed by atoms with Crippen molar-refractivity contribution < 1.29 is 5.11 Å². The molecule has 0 saturated carbocycles. The standard InChI is InChI=1S/C6H5ClO.2Na.2H/c7-5-1-3-6(8)4-2-5;;;;/h1-4,8H;;;;. The summed E-state index contributed by atoms with van der Waals surface area (Å²) in [5, 5.41) is 9.34. The molecule has 0 bridgehead atoms. The van der Waals surface area contributed by atoms with Gasteiger partial charge in [0.05, 0.1) is 0 Å².